The second kappa shape index (κ2) is 9.05. The first-order valence-electron chi connectivity index (χ1n) is 9.10. The topological polar surface area (TPSA) is 75.7 Å². The molecule has 1 heterocycles. The van der Waals surface area contributed by atoms with Crippen molar-refractivity contribution in [3.63, 3.8) is 0 Å². The fourth-order valence-electron chi connectivity index (χ4n) is 3.07. The van der Waals surface area contributed by atoms with Crippen molar-refractivity contribution < 1.29 is 17.9 Å². The summed E-state index contributed by atoms with van der Waals surface area (Å²) >= 11 is 6.14. The van der Waals surface area contributed by atoms with Gasteiger partial charge in [-0.25, -0.2) is 8.42 Å². The van der Waals surface area contributed by atoms with Gasteiger partial charge in [0.15, 0.2) is 0 Å². The van der Waals surface area contributed by atoms with Crippen LogP contribution < -0.4 is 5.32 Å². The summed E-state index contributed by atoms with van der Waals surface area (Å²) in [5.41, 5.74) is 2.60. The Morgan fingerprint density at radius 1 is 1.18 bits per heavy atom. The molecule has 150 valence electrons. The molecule has 0 aromatic heterocycles. The van der Waals surface area contributed by atoms with Crippen molar-refractivity contribution in [1.82, 2.24) is 9.62 Å². The highest BCUT2D eigenvalue weighted by Crippen LogP contribution is 2.26. The normalized spacial score (nSPS) is 15.4. The Morgan fingerprint density at radius 2 is 1.89 bits per heavy atom. The SMILES string of the molecule is Cc1ccccc1CCNC(=O)c1ccc(Cl)c(S(=O)(=O)N2CCOCC2)c1. The van der Waals surface area contributed by atoms with Gasteiger partial charge in [0.25, 0.3) is 5.91 Å². The Balaban J connectivity index is 1.71. The minimum absolute atomic E-state index is 0.0531. The highest BCUT2D eigenvalue weighted by molar-refractivity contribution is 7.89. The number of hydrogen-bond acceptors (Lipinski definition) is 4. The zero-order valence-electron chi connectivity index (χ0n) is 15.7. The van der Waals surface area contributed by atoms with E-state index in [1.54, 1.807) is 0 Å². The van der Waals surface area contributed by atoms with Crippen LogP contribution in [0, 0.1) is 6.92 Å². The summed E-state index contributed by atoms with van der Waals surface area (Å²) in [6.45, 7) is 3.71. The largest absolute Gasteiger partial charge is 0.379 e. The van der Waals surface area contributed by atoms with Gasteiger partial charge in [0, 0.05) is 25.2 Å². The molecule has 0 aliphatic carbocycles. The zero-order valence-corrected chi connectivity index (χ0v) is 17.2. The lowest BCUT2D eigenvalue weighted by Gasteiger charge is -2.26. The zero-order chi connectivity index (χ0) is 20.1. The minimum Gasteiger partial charge on any atom is -0.379 e. The Kier molecular flexibility index (Phi) is 6.72. The number of carbonyl (C=O) groups excluding carboxylic acids is 1. The number of morpholine rings is 1. The number of amides is 1. The average molecular weight is 423 g/mol. The maximum Gasteiger partial charge on any atom is 0.251 e. The lowest BCUT2D eigenvalue weighted by molar-refractivity contribution is 0.0730. The van der Waals surface area contributed by atoms with Gasteiger partial charge in [-0.05, 0) is 42.7 Å². The molecule has 2 aromatic carbocycles. The summed E-state index contributed by atoms with van der Waals surface area (Å²) in [5, 5.41) is 2.94. The Hall–Kier alpha value is -1.93. The third kappa shape index (κ3) is 4.72. The number of hydrogen-bond donors (Lipinski definition) is 1. The van der Waals surface area contributed by atoms with E-state index in [1.165, 1.54) is 28.1 Å². The first kappa shape index (κ1) is 20.8. The number of benzene rings is 2. The lowest BCUT2D eigenvalue weighted by Crippen LogP contribution is -2.40. The third-order valence-electron chi connectivity index (χ3n) is 4.72. The molecule has 1 aliphatic rings. The molecule has 1 amide bonds. The number of sulfonamides is 1. The van der Waals surface area contributed by atoms with Crippen LogP contribution in [0.1, 0.15) is 21.5 Å². The van der Waals surface area contributed by atoms with Gasteiger partial charge < -0.3 is 10.1 Å². The Labute approximate surface area is 170 Å². The number of nitrogens with one attached hydrogen (secondary N) is 1. The molecule has 0 unspecified atom stereocenters. The van der Waals surface area contributed by atoms with E-state index in [0.717, 1.165) is 5.56 Å². The van der Waals surface area contributed by atoms with Crippen LogP contribution in [0.4, 0.5) is 0 Å². The Bertz CT molecular complexity index is 956. The monoisotopic (exact) mass is 422 g/mol. The molecular weight excluding hydrogens is 400 g/mol. The van der Waals surface area contributed by atoms with Crippen LogP contribution in [0.3, 0.4) is 0 Å². The molecule has 0 atom stereocenters. The molecule has 28 heavy (non-hydrogen) atoms. The maximum atomic E-state index is 12.9. The predicted molar refractivity (Wildman–Crippen MR) is 108 cm³/mol. The van der Waals surface area contributed by atoms with E-state index >= 15 is 0 Å². The van der Waals surface area contributed by atoms with Crippen molar-refractivity contribution in [2.24, 2.45) is 0 Å². The molecule has 0 saturated carbocycles. The van der Waals surface area contributed by atoms with Crippen molar-refractivity contribution in [2.75, 3.05) is 32.8 Å². The fourth-order valence-corrected chi connectivity index (χ4v) is 4.98. The van der Waals surface area contributed by atoms with Gasteiger partial charge in [-0.1, -0.05) is 35.9 Å². The molecule has 2 aromatic rings. The molecule has 6 nitrogen and oxygen atoms in total. The predicted octanol–water partition coefficient (Wildman–Crippen LogP) is 2.64. The number of nitrogens with zero attached hydrogens (tertiary/aromatic N) is 1. The third-order valence-corrected chi connectivity index (χ3v) is 7.10. The summed E-state index contributed by atoms with van der Waals surface area (Å²) < 4.78 is 32.3. The van der Waals surface area contributed by atoms with Crippen LogP contribution in [-0.4, -0.2) is 51.5 Å². The smallest absolute Gasteiger partial charge is 0.251 e. The summed E-state index contributed by atoms with van der Waals surface area (Å²) in [5.74, 6) is -0.330. The van der Waals surface area contributed by atoms with Crippen LogP contribution in [-0.2, 0) is 21.2 Å². The van der Waals surface area contributed by atoms with Gasteiger partial charge >= 0.3 is 0 Å². The van der Waals surface area contributed by atoms with Crippen LogP contribution in [0.5, 0.6) is 0 Å². The van der Waals surface area contributed by atoms with Gasteiger partial charge in [-0.3, -0.25) is 4.79 Å². The van der Waals surface area contributed by atoms with Crippen LogP contribution in [0.15, 0.2) is 47.4 Å². The van der Waals surface area contributed by atoms with E-state index < -0.39 is 10.0 Å². The lowest BCUT2D eigenvalue weighted by atomic mass is 10.1. The standard InChI is InChI=1S/C20H23ClN2O4S/c1-15-4-2-3-5-16(15)8-9-22-20(24)17-6-7-18(21)19(14-17)28(25,26)23-10-12-27-13-11-23/h2-7,14H,8-13H2,1H3,(H,22,24). The minimum atomic E-state index is -3.78. The molecule has 1 saturated heterocycles. The fraction of sp³-hybridized carbons (Fsp3) is 0.350. The number of aryl methyl sites for hydroxylation is 1. The molecule has 8 heteroatoms. The van der Waals surface area contributed by atoms with E-state index in [4.69, 9.17) is 16.3 Å². The van der Waals surface area contributed by atoms with Gasteiger partial charge in [0.05, 0.1) is 18.2 Å². The summed E-state index contributed by atoms with van der Waals surface area (Å²) in [4.78, 5) is 12.5. The van der Waals surface area contributed by atoms with E-state index in [-0.39, 0.29) is 34.5 Å². The maximum absolute atomic E-state index is 12.9. The van der Waals surface area contributed by atoms with Gasteiger partial charge in [0.2, 0.25) is 10.0 Å². The highest BCUT2D eigenvalue weighted by Gasteiger charge is 2.29. The highest BCUT2D eigenvalue weighted by atomic mass is 35.5. The quantitative estimate of drug-likeness (QED) is 0.776. The molecule has 0 bridgehead atoms. The average Bonchev–Trinajstić information content (AvgIpc) is 2.70. The van der Waals surface area contributed by atoms with Crippen LogP contribution >= 0.6 is 11.6 Å². The van der Waals surface area contributed by atoms with Gasteiger partial charge in [-0.2, -0.15) is 4.31 Å². The second-order valence-corrected chi connectivity index (χ2v) is 8.91. The molecule has 1 aliphatic heterocycles. The molecule has 0 spiro atoms. The summed E-state index contributed by atoms with van der Waals surface area (Å²) in [6.07, 6.45) is 0.699. The van der Waals surface area contributed by atoms with Gasteiger partial charge in [-0.15, -0.1) is 0 Å². The molecular formula is C20H23ClN2O4S. The number of ether oxygens (including phenoxy) is 1. The first-order valence-corrected chi connectivity index (χ1v) is 10.9. The van der Waals surface area contributed by atoms with E-state index in [0.29, 0.717) is 26.2 Å². The molecule has 1 fully saturated rings. The van der Waals surface area contributed by atoms with Crippen molar-refractivity contribution >= 4 is 27.5 Å². The summed E-state index contributed by atoms with van der Waals surface area (Å²) in [7, 11) is -3.78. The van der Waals surface area contributed by atoms with E-state index in [2.05, 4.69) is 5.32 Å². The second-order valence-electron chi connectivity index (χ2n) is 6.59. The van der Waals surface area contributed by atoms with Crippen molar-refractivity contribution in [2.45, 2.75) is 18.2 Å². The first-order chi connectivity index (χ1) is 13.4. The van der Waals surface area contributed by atoms with E-state index in [9.17, 15) is 13.2 Å². The number of carbonyl (C=O) groups is 1. The number of rotatable bonds is 6. The molecule has 0 radical (unpaired) electrons. The van der Waals surface area contributed by atoms with E-state index in [1.807, 2.05) is 31.2 Å². The van der Waals surface area contributed by atoms with Crippen LogP contribution in [0.25, 0.3) is 0 Å². The van der Waals surface area contributed by atoms with Gasteiger partial charge in [0.1, 0.15) is 4.90 Å². The molecule has 3 rings (SSSR count). The van der Waals surface area contributed by atoms with Crippen molar-refractivity contribution in [3.05, 3.63) is 64.2 Å². The Morgan fingerprint density at radius 3 is 2.61 bits per heavy atom. The summed E-state index contributed by atoms with van der Waals surface area (Å²) in [6, 6.07) is 12.3. The van der Waals surface area contributed by atoms with Crippen molar-refractivity contribution in [3.8, 4) is 0 Å². The van der Waals surface area contributed by atoms with Crippen LogP contribution in [0.2, 0.25) is 5.02 Å². The molecule has 1 N–H and O–H groups in total. The number of halogens is 1. The van der Waals surface area contributed by atoms with Crippen molar-refractivity contribution in [1.29, 1.82) is 0 Å².